The summed E-state index contributed by atoms with van der Waals surface area (Å²) in [5.74, 6) is 0.666. The highest BCUT2D eigenvalue weighted by molar-refractivity contribution is 6.30. The van der Waals surface area contributed by atoms with Gasteiger partial charge in [-0.25, -0.2) is 0 Å². The van der Waals surface area contributed by atoms with E-state index in [4.69, 9.17) is 16.3 Å². The lowest BCUT2D eigenvalue weighted by molar-refractivity contribution is -0.128. The first-order valence-corrected chi connectivity index (χ1v) is 7.93. The maximum Gasteiger partial charge on any atom is 0.224 e. The number of ether oxygens (including phenoxy) is 1. The highest BCUT2D eigenvalue weighted by Gasteiger charge is 2.23. The summed E-state index contributed by atoms with van der Waals surface area (Å²) in [5.41, 5.74) is 0.978. The molecule has 6 heteroatoms. The number of benzene rings is 1. The number of amides is 2. The van der Waals surface area contributed by atoms with Gasteiger partial charge < -0.3 is 15.4 Å². The molecule has 0 aliphatic carbocycles. The number of carbonyl (C=O) groups excluding carboxylic acids is 2. The Morgan fingerprint density at radius 1 is 1.50 bits per heavy atom. The first kappa shape index (κ1) is 16.6. The van der Waals surface area contributed by atoms with Crippen LogP contribution in [0.2, 0.25) is 5.02 Å². The van der Waals surface area contributed by atoms with Crippen LogP contribution in [0.4, 0.5) is 0 Å². The van der Waals surface area contributed by atoms with Gasteiger partial charge in [0.25, 0.3) is 0 Å². The lowest BCUT2D eigenvalue weighted by Gasteiger charge is -2.21. The Balaban J connectivity index is 1.84. The summed E-state index contributed by atoms with van der Waals surface area (Å²) < 4.78 is 5.56. The van der Waals surface area contributed by atoms with Gasteiger partial charge in [-0.15, -0.1) is 0 Å². The van der Waals surface area contributed by atoms with Crippen LogP contribution in [0.15, 0.2) is 18.2 Å². The smallest absolute Gasteiger partial charge is 0.224 e. The van der Waals surface area contributed by atoms with Crippen LogP contribution < -0.4 is 15.4 Å². The van der Waals surface area contributed by atoms with E-state index < -0.39 is 0 Å². The normalized spacial score (nSPS) is 17.7. The Morgan fingerprint density at radius 2 is 2.32 bits per heavy atom. The van der Waals surface area contributed by atoms with Crippen molar-refractivity contribution in [2.24, 2.45) is 5.92 Å². The van der Waals surface area contributed by atoms with Crippen molar-refractivity contribution < 1.29 is 14.3 Å². The molecule has 1 unspecified atom stereocenters. The molecule has 0 radical (unpaired) electrons. The van der Waals surface area contributed by atoms with Crippen molar-refractivity contribution in [3.8, 4) is 5.75 Å². The molecule has 120 valence electrons. The standard InChI is InChI=1S/C16H21ClN2O3/c1-2-22-14-5-4-13(17)9-11(14)7-8-18-16(21)12-3-6-15(20)19-10-12/h4-5,9,12H,2-3,6-8,10H2,1H3,(H,18,21)(H,19,20). The zero-order valence-corrected chi connectivity index (χ0v) is 13.4. The number of rotatable bonds is 6. The Kier molecular flexibility index (Phi) is 6.07. The van der Waals surface area contributed by atoms with Crippen molar-refractivity contribution in [2.75, 3.05) is 19.7 Å². The second-order valence-electron chi connectivity index (χ2n) is 5.27. The van der Waals surface area contributed by atoms with Crippen molar-refractivity contribution in [3.05, 3.63) is 28.8 Å². The molecule has 0 bridgehead atoms. The molecule has 22 heavy (non-hydrogen) atoms. The Hall–Kier alpha value is -1.75. The van der Waals surface area contributed by atoms with Gasteiger partial charge in [0.2, 0.25) is 11.8 Å². The van der Waals surface area contributed by atoms with Crippen molar-refractivity contribution in [1.29, 1.82) is 0 Å². The summed E-state index contributed by atoms with van der Waals surface area (Å²) in [4.78, 5) is 23.1. The minimum atomic E-state index is -0.136. The van der Waals surface area contributed by atoms with Crippen LogP contribution in [-0.2, 0) is 16.0 Å². The topological polar surface area (TPSA) is 67.4 Å². The van der Waals surface area contributed by atoms with E-state index >= 15 is 0 Å². The van der Waals surface area contributed by atoms with Gasteiger partial charge in [0.1, 0.15) is 5.75 Å². The quantitative estimate of drug-likeness (QED) is 0.840. The monoisotopic (exact) mass is 324 g/mol. The van der Waals surface area contributed by atoms with Crippen LogP contribution in [0.25, 0.3) is 0 Å². The van der Waals surface area contributed by atoms with E-state index in [0.717, 1.165) is 11.3 Å². The van der Waals surface area contributed by atoms with Crippen LogP contribution >= 0.6 is 11.6 Å². The highest BCUT2D eigenvalue weighted by atomic mass is 35.5. The van der Waals surface area contributed by atoms with E-state index in [1.807, 2.05) is 19.1 Å². The molecule has 1 aromatic carbocycles. The second kappa shape index (κ2) is 8.03. The van der Waals surface area contributed by atoms with Gasteiger partial charge in [-0.05, 0) is 43.5 Å². The Labute approximate surface area is 135 Å². The van der Waals surface area contributed by atoms with E-state index in [-0.39, 0.29) is 17.7 Å². The first-order valence-electron chi connectivity index (χ1n) is 7.55. The zero-order chi connectivity index (χ0) is 15.9. The fraction of sp³-hybridized carbons (Fsp3) is 0.500. The molecule has 1 fully saturated rings. The summed E-state index contributed by atoms with van der Waals surface area (Å²) >= 11 is 6.01. The van der Waals surface area contributed by atoms with E-state index in [0.29, 0.717) is 44.0 Å². The summed E-state index contributed by atoms with van der Waals surface area (Å²) in [6.45, 7) is 3.45. The molecule has 1 heterocycles. The van der Waals surface area contributed by atoms with Crippen molar-refractivity contribution in [2.45, 2.75) is 26.2 Å². The molecule has 1 aromatic rings. The molecule has 0 saturated carbocycles. The molecular weight excluding hydrogens is 304 g/mol. The van der Waals surface area contributed by atoms with Gasteiger partial charge in [-0.2, -0.15) is 0 Å². The molecule has 0 spiro atoms. The van der Waals surface area contributed by atoms with Crippen LogP contribution in [0.5, 0.6) is 5.75 Å². The third-order valence-corrected chi connectivity index (χ3v) is 3.89. The molecule has 1 atom stereocenters. The lowest BCUT2D eigenvalue weighted by Crippen LogP contribution is -2.43. The predicted octanol–water partition coefficient (Wildman–Crippen LogP) is 1.92. The SMILES string of the molecule is CCOc1ccc(Cl)cc1CCNC(=O)C1CCC(=O)NC1. The first-order chi connectivity index (χ1) is 10.6. The largest absolute Gasteiger partial charge is 0.494 e. The van der Waals surface area contributed by atoms with Crippen molar-refractivity contribution in [1.82, 2.24) is 10.6 Å². The highest BCUT2D eigenvalue weighted by Crippen LogP contribution is 2.23. The fourth-order valence-electron chi connectivity index (χ4n) is 2.46. The number of hydrogen-bond donors (Lipinski definition) is 2. The zero-order valence-electron chi connectivity index (χ0n) is 12.7. The minimum absolute atomic E-state index is 0.0139. The molecule has 1 saturated heterocycles. The summed E-state index contributed by atoms with van der Waals surface area (Å²) in [6, 6.07) is 5.50. The molecular formula is C16H21ClN2O3. The van der Waals surface area contributed by atoms with Gasteiger partial charge in [0.15, 0.2) is 0 Å². The summed E-state index contributed by atoms with van der Waals surface area (Å²) in [5, 5.41) is 6.29. The average Bonchev–Trinajstić information content (AvgIpc) is 2.50. The van der Waals surface area contributed by atoms with Crippen LogP contribution in [0.3, 0.4) is 0 Å². The molecule has 0 aromatic heterocycles. The van der Waals surface area contributed by atoms with Gasteiger partial charge in [-0.3, -0.25) is 9.59 Å². The van der Waals surface area contributed by atoms with Crippen molar-refractivity contribution in [3.63, 3.8) is 0 Å². The molecule has 2 rings (SSSR count). The third-order valence-electron chi connectivity index (χ3n) is 3.65. The molecule has 1 aliphatic heterocycles. The molecule has 1 aliphatic rings. The van der Waals surface area contributed by atoms with E-state index in [1.165, 1.54) is 0 Å². The average molecular weight is 325 g/mol. The van der Waals surface area contributed by atoms with Crippen molar-refractivity contribution >= 4 is 23.4 Å². The third kappa shape index (κ3) is 4.63. The maximum absolute atomic E-state index is 12.1. The lowest BCUT2D eigenvalue weighted by atomic mass is 9.98. The maximum atomic E-state index is 12.1. The number of carbonyl (C=O) groups is 2. The van der Waals surface area contributed by atoms with Gasteiger partial charge >= 0.3 is 0 Å². The number of piperidine rings is 1. The number of halogens is 1. The number of hydrogen-bond acceptors (Lipinski definition) is 3. The fourth-order valence-corrected chi connectivity index (χ4v) is 2.66. The Morgan fingerprint density at radius 3 is 3.00 bits per heavy atom. The van der Waals surface area contributed by atoms with Crippen LogP contribution in [-0.4, -0.2) is 31.5 Å². The van der Waals surface area contributed by atoms with E-state index in [2.05, 4.69) is 10.6 Å². The van der Waals surface area contributed by atoms with Gasteiger partial charge in [0, 0.05) is 24.5 Å². The van der Waals surface area contributed by atoms with E-state index in [9.17, 15) is 9.59 Å². The molecule has 2 amide bonds. The Bertz CT molecular complexity index is 538. The summed E-state index contributed by atoms with van der Waals surface area (Å²) in [7, 11) is 0. The van der Waals surface area contributed by atoms with E-state index in [1.54, 1.807) is 6.07 Å². The molecule has 2 N–H and O–H groups in total. The summed E-state index contributed by atoms with van der Waals surface area (Å²) in [6.07, 6.45) is 1.68. The second-order valence-corrected chi connectivity index (χ2v) is 5.70. The van der Waals surface area contributed by atoms with Gasteiger partial charge in [0.05, 0.1) is 12.5 Å². The molecule has 5 nitrogen and oxygen atoms in total. The van der Waals surface area contributed by atoms with Crippen LogP contribution in [0.1, 0.15) is 25.3 Å². The van der Waals surface area contributed by atoms with Gasteiger partial charge in [-0.1, -0.05) is 11.6 Å². The number of nitrogens with one attached hydrogen (secondary N) is 2. The predicted molar refractivity (Wildman–Crippen MR) is 85.1 cm³/mol. The minimum Gasteiger partial charge on any atom is -0.494 e. The van der Waals surface area contributed by atoms with Crippen LogP contribution in [0, 0.1) is 5.92 Å².